The number of ether oxygens (including phenoxy) is 3. The average Bonchev–Trinajstić information content (AvgIpc) is 3.79. The summed E-state index contributed by atoms with van der Waals surface area (Å²) >= 11 is 6.35. The van der Waals surface area contributed by atoms with Crippen molar-refractivity contribution in [2.45, 2.75) is 51.5 Å². The maximum absolute atomic E-state index is 13.8. The lowest BCUT2D eigenvalue weighted by Crippen LogP contribution is -2.35. The van der Waals surface area contributed by atoms with Crippen molar-refractivity contribution in [3.63, 3.8) is 0 Å². The zero-order chi connectivity index (χ0) is 32.5. The molecule has 3 aliphatic rings. The molecule has 46 heavy (non-hydrogen) atoms. The molecule has 3 aromatic carbocycles. The first kappa shape index (κ1) is 31.7. The van der Waals surface area contributed by atoms with Crippen LogP contribution in [0.2, 0.25) is 5.02 Å². The maximum atomic E-state index is 13.8. The lowest BCUT2D eigenvalue weighted by Gasteiger charge is -2.28. The molecule has 3 aromatic rings. The Balaban J connectivity index is 1.36. The van der Waals surface area contributed by atoms with Crippen molar-refractivity contribution in [1.82, 2.24) is 4.90 Å². The predicted molar refractivity (Wildman–Crippen MR) is 174 cm³/mol. The van der Waals surface area contributed by atoms with Crippen molar-refractivity contribution in [2.24, 2.45) is 5.92 Å². The number of carboxylic acids is 1. The largest absolute Gasteiger partial charge is 0.493 e. The van der Waals surface area contributed by atoms with Crippen LogP contribution in [0.4, 0.5) is 11.4 Å². The zero-order valence-electron chi connectivity index (χ0n) is 26.2. The summed E-state index contributed by atoms with van der Waals surface area (Å²) in [5.41, 5.74) is 4.88. The molecule has 242 valence electrons. The minimum absolute atomic E-state index is 0.0338. The lowest BCUT2D eigenvalue weighted by atomic mass is 9.82. The van der Waals surface area contributed by atoms with Crippen LogP contribution in [0.3, 0.4) is 0 Å². The van der Waals surface area contributed by atoms with E-state index in [1.165, 1.54) is 7.11 Å². The van der Waals surface area contributed by atoms with E-state index in [9.17, 15) is 19.5 Å². The second-order valence-electron chi connectivity index (χ2n) is 11.9. The highest BCUT2D eigenvalue weighted by atomic mass is 35.5. The molecule has 2 fully saturated rings. The second kappa shape index (κ2) is 13.2. The van der Waals surface area contributed by atoms with E-state index in [1.54, 1.807) is 11.0 Å². The van der Waals surface area contributed by atoms with Crippen LogP contribution >= 0.6 is 11.6 Å². The van der Waals surface area contributed by atoms with Gasteiger partial charge in [-0.25, -0.2) is 0 Å². The van der Waals surface area contributed by atoms with Gasteiger partial charge in [-0.05, 0) is 77.9 Å². The standard InChI is InChI=1S/C35H38ClN3O7/c1-4-20-13-24(36)14-21(5-2)32(20)37-29(40)18-38-17-26(23-15-27(44-3)34-28(16-23)45-19-46-34)31(35(42)43)33(38)22-8-10-25(11-9-22)39-12-6-7-30(39)41/h8-11,13-16,26,31,33H,4-7,12,17-19H2,1-3H3,(H,37,40)(H,42,43)/t26-,31?,33+/m1/s1. The lowest BCUT2D eigenvalue weighted by molar-refractivity contribution is -0.143. The van der Waals surface area contributed by atoms with Gasteiger partial charge in [0.15, 0.2) is 11.5 Å². The van der Waals surface area contributed by atoms with Crippen LogP contribution in [-0.4, -0.2) is 61.3 Å². The normalized spacial score (nSPS) is 20.7. The number of carbonyl (C=O) groups is 3. The molecule has 0 spiro atoms. The van der Waals surface area contributed by atoms with Gasteiger partial charge in [-0.3, -0.25) is 19.3 Å². The van der Waals surface area contributed by atoms with Crippen molar-refractivity contribution >= 4 is 40.8 Å². The minimum Gasteiger partial charge on any atom is -0.493 e. The third kappa shape index (κ3) is 5.99. The zero-order valence-corrected chi connectivity index (χ0v) is 26.9. The van der Waals surface area contributed by atoms with Crippen molar-refractivity contribution in [3.05, 3.63) is 75.8 Å². The van der Waals surface area contributed by atoms with E-state index in [0.29, 0.717) is 54.6 Å². The Hall–Kier alpha value is -4.28. The molecule has 3 heterocycles. The molecule has 0 radical (unpaired) electrons. The summed E-state index contributed by atoms with van der Waals surface area (Å²) in [5, 5.41) is 14.5. The van der Waals surface area contributed by atoms with Gasteiger partial charge in [0.2, 0.25) is 24.4 Å². The summed E-state index contributed by atoms with van der Waals surface area (Å²) in [6.45, 7) is 4.99. The predicted octanol–water partition coefficient (Wildman–Crippen LogP) is 5.81. The van der Waals surface area contributed by atoms with Gasteiger partial charge in [0.25, 0.3) is 0 Å². The molecule has 0 aromatic heterocycles. The van der Waals surface area contributed by atoms with Gasteiger partial charge >= 0.3 is 5.97 Å². The number of anilines is 2. The number of benzene rings is 3. The van der Waals surface area contributed by atoms with E-state index in [2.05, 4.69) is 5.32 Å². The number of halogens is 1. The van der Waals surface area contributed by atoms with Crippen LogP contribution in [0.25, 0.3) is 0 Å². The number of carboxylic acid groups (broad SMARTS) is 1. The van der Waals surface area contributed by atoms with Gasteiger partial charge in [0.05, 0.1) is 19.6 Å². The SMILES string of the molecule is CCc1cc(Cl)cc(CC)c1NC(=O)CN1C[C@H](c2cc(OC)c3c(c2)OCO3)C(C(=O)O)[C@@H]1c1ccc(N2CCCC2=O)cc1. The molecule has 0 aliphatic carbocycles. The second-order valence-corrected chi connectivity index (χ2v) is 12.3. The summed E-state index contributed by atoms with van der Waals surface area (Å²) < 4.78 is 16.8. The topological polar surface area (TPSA) is 118 Å². The van der Waals surface area contributed by atoms with Crippen molar-refractivity contribution in [1.29, 1.82) is 0 Å². The molecule has 3 aliphatic heterocycles. The first-order chi connectivity index (χ1) is 22.2. The molecule has 1 unspecified atom stereocenters. The molecule has 3 atom stereocenters. The highest BCUT2D eigenvalue weighted by Gasteiger charge is 2.48. The van der Waals surface area contributed by atoms with Gasteiger partial charge in [-0.2, -0.15) is 0 Å². The van der Waals surface area contributed by atoms with Gasteiger partial charge in [0, 0.05) is 47.9 Å². The number of aliphatic carboxylic acids is 1. The molecule has 0 bridgehead atoms. The summed E-state index contributed by atoms with van der Waals surface area (Å²) in [5.74, 6) is -1.10. The maximum Gasteiger partial charge on any atom is 0.309 e. The summed E-state index contributed by atoms with van der Waals surface area (Å²) in [6, 6.07) is 14.2. The van der Waals surface area contributed by atoms with Crippen molar-refractivity contribution in [2.75, 3.05) is 43.8 Å². The fourth-order valence-corrected chi connectivity index (χ4v) is 7.33. The quantitative estimate of drug-likeness (QED) is 0.283. The smallest absolute Gasteiger partial charge is 0.309 e. The third-order valence-electron chi connectivity index (χ3n) is 9.25. The Bertz CT molecular complexity index is 1640. The Morgan fingerprint density at radius 2 is 1.76 bits per heavy atom. The van der Waals surface area contributed by atoms with E-state index in [-0.39, 0.29) is 25.2 Å². The molecule has 0 saturated carbocycles. The van der Waals surface area contributed by atoms with Gasteiger partial charge < -0.3 is 29.5 Å². The van der Waals surface area contributed by atoms with E-state index in [4.69, 9.17) is 25.8 Å². The van der Waals surface area contributed by atoms with Crippen LogP contribution in [0.1, 0.15) is 60.9 Å². The number of hydrogen-bond donors (Lipinski definition) is 2. The third-order valence-corrected chi connectivity index (χ3v) is 9.47. The Labute approximate surface area is 273 Å². The average molecular weight is 648 g/mol. The highest BCUT2D eigenvalue weighted by molar-refractivity contribution is 6.30. The van der Waals surface area contributed by atoms with Gasteiger partial charge in [0.1, 0.15) is 0 Å². The first-order valence-electron chi connectivity index (χ1n) is 15.7. The minimum atomic E-state index is -0.979. The fraction of sp³-hybridized carbons (Fsp3) is 0.400. The summed E-state index contributed by atoms with van der Waals surface area (Å²) in [4.78, 5) is 43.0. The molecule has 2 amide bonds. The van der Waals surface area contributed by atoms with Gasteiger partial charge in [-0.1, -0.05) is 37.6 Å². The number of nitrogens with one attached hydrogen (secondary N) is 1. The van der Waals surface area contributed by atoms with Crippen LogP contribution in [0, 0.1) is 5.92 Å². The van der Waals surface area contributed by atoms with E-state index in [1.807, 2.05) is 61.2 Å². The van der Waals surface area contributed by atoms with E-state index >= 15 is 0 Å². The van der Waals surface area contributed by atoms with Crippen LogP contribution in [0.5, 0.6) is 17.2 Å². The molecule has 11 heteroatoms. The summed E-state index contributed by atoms with van der Waals surface area (Å²) in [6.07, 6.45) is 2.70. The molecule has 10 nitrogen and oxygen atoms in total. The van der Waals surface area contributed by atoms with Crippen LogP contribution < -0.4 is 24.4 Å². The Kier molecular flexibility index (Phi) is 9.11. The van der Waals surface area contributed by atoms with E-state index < -0.39 is 23.8 Å². The molecular weight excluding hydrogens is 610 g/mol. The fourth-order valence-electron chi connectivity index (χ4n) is 7.07. The van der Waals surface area contributed by atoms with Crippen LogP contribution in [-0.2, 0) is 27.2 Å². The number of hydrogen-bond acceptors (Lipinski definition) is 7. The molecule has 2 saturated heterocycles. The Morgan fingerprint density at radius 3 is 2.37 bits per heavy atom. The number of carbonyl (C=O) groups excluding carboxylic acids is 2. The number of methoxy groups -OCH3 is 1. The monoisotopic (exact) mass is 647 g/mol. The van der Waals surface area contributed by atoms with Crippen LogP contribution in [0.15, 0.2) is 48.5 Å². The molecule has 6 rings (SSSR count). The van der Waals surface area contributed by atoms with Crippen molar-refractivity contribution < 1.29 is 33.7 Å². The Morgan fingerprint density at radius 1 is 1.04 bits per heavy atom. The number of aryl methyl sites for hydroxylation is 2. The molecular formula is C35H38ClN3O7. The number of nitrogens with zero attached hydrogens (tertiary/aromatic N) is 2. The van der Waals surface area contributed by atoms with E-state index in [0.717, 1.165) is 40.0 Å². The number of fused-ring (bicyclic) bond motifs is 1. The number of rotatable bonds is 10. The van der Waals surface area contributed by atoms with Crippen molar-refractivity contribution in [3.8, 4) is 17.2 Å². The first-order valence-corrected chi connectivity index (χ1v) is 16.1. The van der Waals surface area contributed by atoms with Gasteiger partial charge in [-0.15, -0.1) is 0 Å². The number of amides is 2. The molecule has 2 N–H and O–H groups in total. The number of likely N-dealkylation sites (tertiary alicyclic amines) is 1. The summed E-state index contributed by atoms with van der Waals surface area (Å²) in [7, 11) is 1.53. The highest BCUT2D eigenvalue weighted by Crippen LogP contribution is 2.50.